The van der Waals surface area contributed by atoms with Crippen LogP contribution in [0.1, 0.15) is 5.56 Å². The maximum Gasteiger partial charge on any atom is 0.261 e. The molecular formula is C13H9BrClFO3S. The van der Waals surface area contributed by atoms with Gasteiger partial charge in [0.15, 0.2) is 0 Å². The van der Waals surface area contributed by atoms with Gasteiger partial charge in [-0.1, -0.05) is 0 Å². The fraction of sp³-hybridized carbons (Fsp3) is 0.0769. The molecule has 0 aliphatic heterocycles. The van der Waals surface area contributed by atoms with Crippen LogP contribution in [0.2, 0.25) is 0 Å². The Morgan fingerprint density at radius 3 is 2.30 bits per heavy atom. The number of aryl methyl sites for hydroxylation is 1. The molecule has 0 atom stereocenters. The smallest absolute Gasteiger partial charge is 0.261 e. The number of halogens is 3. The van der Waals surface area contributed by atoms with Crippen LogP contribution < -0.4 is 4.74 Å². The summed E-state index contributed by atoms with van der Waals surface area (Å²) < 4.78 is 41.5. The van der Waals surface area contributed by atoms with Crippen molar-refractivity contribution in [1.82, 2.24) is 0 Å². The van der Waals surface area contributed by atoms with E-state index in [0.29, 0.717) is 17.1 Å². The van der Waals surface area contributed by atoms with Gasteiger partial charge in [-0.25, -0.2) is 12.8 Å². The van der Waals surface area contributed by atoms with E-state index in [1.165, 1.54) is 30.3 Å². The summed E-state index contributed by atoms with van der Waals surface area (Å²) in [6.45, 7) is 1.61. The van der Waals surface area contributed by atoms with Crippen molar-refractivity contribution < 1.29 is 17.5 Å². The van der Waals surface area contributed by atoms with Gasteiger partial charge in [0.25, 0.3) is 9.05 Å². The number of hydrogen-bond donors (Lipinski definition) is 0. The van der Waals surface area contributed by atoms with Gasteiger partial charge in [-0.3, -0.25) is 0 Å². The third-order valence-corrected chi connectivity index (χ3v) is 4.63. The molecular weight excluding hydrogens is 371 g/mol. The lowest BCUT2D eigenvalue weighted by molar-refractivity contribution is 0.479. The number of hydrogen-bond acceptors (Lipinski definition) is 3. The maximum atomic E-state index is 13.1. The Balaban J connectivity index is 2.31. The van der Waals surface area contributed by atoms with Crippen molar-refractivity contribution in [2.45, 2.75) is 11.8 Å². The zero-order chi connectivity index (χ0) is 14.9. The second kappa shape index (κ2) is 5.71. The highest BCUT2D eigenvalue weighted by atomic mass is 79.9. The first-order valence-corrected chi connectivity index (χ1v) is 8.56. The summed E-state index contributed by atoms with van der Waals surface area (Å²) in [5.74, 6) is 0.473. The van der Waals surface area contributed by atoms with Crippen molar-refractivity contribution in [2.24, 2.45) is 0 Å². The van der Waals surface area contributed by atoms with Gasteiger partial charge in [0.1, 0.15) is 17.3 Å². The van der Waals surface area contributed by atoms with Crippen molar-refractivity contribution in [3.63, 3.8) is 0 Å². The van der Waals surface area contributed by atoms with Crippen LogP contribution >= 0.6 is 26.6 Å². The summed E-state index contributed by atoms with van der Waals surface area (Å²) in [5, 5.41) is 0. The first-order chi connectivity index (χ1) is 9.27. The Bertz CT molecular complexity index is 762. The molecule has 0 N–H and O–H groups in total. The average Bonchev–Trinajstić information content (AvgIpc) is 2.32. The van der Waals surface area contributed by atoms with Crippen molar-refractivity contribution in [1.29, 1.82) is 0 Å². The average molecular weight is 380 g/mol. The van der Waals surface area contributed by atoms with Gasteiger partial charge in [-0.2, -0.15) is 0 Å². The van der Waals surface area contributed by atoms with Gasteiger partial charge >= 0.3 is 0 Å². The normalized spacial score (nSPS) is 11.4. The Labute approximate surface area is 128 Å². The van der Waals surface area contributed by atoms with E-state index in [1.54, 1.807) is 13.0 Å². The molecule has 20 heavy (non-hydrogen) atoms. The van der Waals surface area contributed by atoms with Crippen LogP contribution in [-0.2, 0) is 9.05 Å². The number of rotatable bonds is 3. The highest BCUT2D eigenvalue weighted by Gasteiger charge is 2.14. The van der Waals surface area contributed by atoms with Crippen molar-refractivity contribution in [3.8, 4) is 11.5 Å². The molecule has 0 radical (unpaired) electrons. The predicted molar refractivity (Wildman–Crippen MR) is 78.4 cm³/mol. The van der Waals surface area contributed by atoms with E-state index < -0.39 is 14.9 Å². The Kier molecular flexibility index (Phi) is 4.36. The highest BCUT2D eigenvalue weighted by Crippen LogP contribution is 2.29. The zero-order valence-electron chi connectivity index (χ0n) is 10.2. The molecule has 0 aliphatic rings. The standard InChI is InChI=1S/C13H9BrClFO3S/c1-8-6-9(3-5-13(8)20(15,17)18)19-10-2-4-12(16)11(14)7-10/h2-7H,1H3. The molecule has 7 heteroatoms. The predicted octanol–water partition coefficient (Wildman–Crippen LogP) is 4.62. The summed E-state index contributed by atoms with van der Waals surface area (Å²) in [6.07, 6.45) is 0. The van der Waals surface area contributed by atoms with Crippen LogP contribution in [0.25, 0.3) is 0 Å². The monoisotopic (exact) mass is 378 g/mol. The quantitative estimate of drug-likeness (QED) is 0.731. The van der Waals surface area contributed by atoms with Crippen molar-refractivity contribution >= 4 is 35.7 Å². The molecule has 0 saturated heterocycles. The third kappa shape index (κ3) is 3.50. The molecule has 2 rings (SSSR count). The van der Waals surface area contributed by atoms with Crippen LogP contribution in [0.5, 0.6) is 11.5 Å². The minimum Gasteiger partial charge on any atom is -0.457 e. The van der Waals surface area contributed by atoms with E-state index in [-0.39, 0.29) is 9.37 Å². The minimum absolute atomic E-state index is 0.0341. The lowest BCUT2D eigenvalue weighted by atomic mass is 10.2. The van der Waals surface area contributed by atoms with Crippen LogP contribution in [0, 0.1) is 12.7 Å². The van der Waals surface area contributed by atoms with Gasteiger partial charge < -0.3 is 4.74 Å². The Hall–Kier alpha value is -1.11. The molecule has 2 aromatic rings. The van der Waals surface area contributed by atoms with Crippen LogP contribution in [0.3, 0.4) is 0 Å². The highest BCUT2D eigenvalue weighted by molar-refractivity contribution is 9.10. The fourth-order valence-corrected chi connectivity index (χ4v) is 3.19. The fourth-order valence-electron chi connectivity index (χ4n) is 1.64. The first-order valence-electron chi connectivity index (χ1n) is 5.45. The Morgan fingerprint density at radius 1 is 1.15 bits per heavy atom. The van der Waals surface area contributed by atoms with E-state index in [4.69, 9.17) is 15.4 Å². The lowest BCUT2D eigenvalue weighted by Gasteiger charge is -2.09. The van der Waals surface area contributed by atoms with Gasteiger partial charge in [0.2, 0.25) is 0 Å². The van der Waals surface area contributed by atoms with E-state index in [2.05, 4.69) is 15.9 Å². The SMILES string of the molecule is Cc1cc(Oc2ccc(F)c(Br)c2)ccc1S(=O)(=O)Cl. The van der Waals surface area contributed by atoms with E-state index in [1.807, 2.05) is 0 Å². The summed E-state index contributed by atoms with van der Waals surface area (Å²) >= 11 is 3.06. The molecule has 0 unspecified atom stereocenters. The van der Waals surface area contributed by atoms with Crippen LogP contribution in [-0.4, -0.2) is 8.42 Å². The van der Waals surface area contributed by atoms with Crippen LogP contribution in [0.4, 0.5) is 4.39 Å². The van der Waals surface area contributed by atoms with Gasteiger partial charge in [0.05, 0.1) is 9.37 Å². The molecule has 0 amide bonds. The zero-order valence-corrected chi connectivity index (χ0v) is 13.4. The summed E-state index contributed by atoms with van der Waals surface area (Å²) in [6, 6.07) is 8.62. The summed E-state index contributed by atoms with van der Waals surface area (Å²) in [7, 11) is 1.52. The second-order valence-corrected chi connectivity index (χ2v) is 7.43. The lowest BCUT2D eigenvalue weighted by Crippen LogP contribution is -1.95. The molecule has 0 spiro atoms. The Morgan fingerprint density at radius 2 is 1.75 bits per heavy atom. The van der Waals surface area contributed by atoms with Crippen LogP contribution in [0.15, 0.2) is 45.8 Å². The van der Waals surface area contributed by atoms with E-state index in [0.717, 1.165) is 0 Å². The second-order valence-electron chi connectivity index (χ2n) is 4.04. The van der Waals surface area contributed by atoms with E-state index >= 15 is 0 Å². The molecule has 0 aliphatic carbocycles. The molecule has 0 aromatic heterocycles. The molecule has 106 valence electrons. The molecule has 2 aromatic carbocycles. The molecule has 0 fully saturated rings. The molecule has 0 bridgehead atoms. The summed E-state index contributed by atoms with van der Waals surface area (Å²) in [5.41, 5.74) is 0.471. The first kappa shape index (κ1) is 15.3. The molecule has 0 saturated carbocycles. The molecule has 3 nitrogen and oxygen atoms in total. The largest absolute Gasteiger partial charge is 0.457 e. The van der Waals surface area contributed by atoms with E-state index in [9.17, 15) is 12.8 Å². The van der Waals surface area contributed by atoms with Crippen molar-refractivity contribution in [3.05, 3.63) is 52.3 Å². The van der Waals surface area contributed by atoms with Gasteiger partial charge in [-0.05, 0) is 64.8 Å². The number of ether oxygens (including phenoxy) is 1. The van der Waals surface area contributed by atoms with Gasteiger partial charge in [-0.15, -0.1) is 0 Å². The summed E-state index contributed by atoms with van der Waals surface area (Å²) in [4.78, 5) is 0.0341. The van der Waals surface area contributed by atoms with Crippen molar-refractivity contribution in [2.75, 3.05) is 0 Å². The topological polar surface area (TPSA) is 43.4 Å². The third-order valence-electron chi connectivity index (χ3n) is 2.54. The molecule has 0 heterocycles. The minimum atomic E-state index is -3.78. The number of benzene rings is 2. The maximum absolute atomic E-state index is 13.1. The van der Waals surface area contributed by atoms with Gasteiger partial charge in [0, 0.05) is 10.7 Å².